The van der Waals surface area contributed by atoms with Gasteiger partial charge >= 0.3 is 0 Å². The number of nitrogens with one attached hydrogen (secondary N) is 1. The number of sulfonamides is 1. The molecule has 3 N–H and O–H groups in total. The summed E-state index contributed by atoms with van der Waals surface area (Å²) < 4.78 is 26.2. The Morgan fingerprint density at radius 2 is 2.35 bits per heavy atom. The van der Waals surface area contributed by atoms with Crippen LogP contribution in [0.25, 0.3) is 0 Å². The number of hydrogen-bond donors (Lipinski definition) is 2. The van der Waals surface area contributed by atoms with Crippen molar-refractivity contribution in [2.45, 2.75) is 18.2 Å². The van der Waals surface area contributed by atoms with Crippen LogP contribution in [0, 0.1) is 5.92 Å². The second-order valence-electron chi connectivity index (χ2n) is 4.27. The van der Waals surface area contributed by atoms with Crippen molar-refractivity contribution in [2.24, 2.45) is 11.8 Å². The maximum atomic E-state index is 12.4. The van der Waals surface area contributed by atoms with E-state index in [1.807, 2.05) is 6.92 Å². The minimum atomic E-state index is -3.49. The third-order valence-electron chi connectivity index (χ3n) is 2.94. The molecule has 0 aliphatic carbocycles. The highest BCUT2D eigenvalue weighted by Gasteiger charge is 2.32. The van der Waals surface area contributed by atoms with Crippen molar-refractivity contribution in [1.82, 2.24) is 9.29 Å². The predicted octanol–water partition coefficient (Wildman–Crippen LogP) is 0.398. The Kier molecular flexibility index (Phi) is 3.32. The monoisotopic (exact) mass is 256 g/mol. The van der Waals surface area contributed by atoms with Crippen LogP contribution in [0.5, 0.6) is 0 Å². The number of nitrogen functional groups attached to an aromatic ring is 1. The van der Waals surface area contributed by atoms with E-state index in [2.05, 4.69) is 10.4 Å². The van der Waals surface area contributed by atoms with Crippen molar-refractivity contribution in [1.29, 1.82) is 0 Å². The number of hydrogen-bond acceptors (Lipinski definition) is 5. The number of nitrogens with two attached hydrogens (primary N) is 1. The molecule has 2 rings (SSSR count). The Morgan fingerprint density at radius 1 is 1.59 bits per heavy atom. The number of anilines is 1. The summed E-state index contributed by atoms with van der Waals surface area (Å²) in [4.78, 5) is 3.98. The predicted molar refractivity (Wildman–Crippen MR) is 64.6 cm³/mol. The molecule has 1 saturated heterocycles. The van der Waals surface area contributed by atoms with Gasteiger partial charge in [0.1, 0.15) is 4.90 Å². The van der Waals surface area contributed by atoms with Crippen LogP contribution in [-0.4, -0.2) is 30.8 Å². The summed E-state index contributed by atoms with van der Waals surface area (Å²) in [5.41, 5.74) is 2.77. The van der Waals surface area contributed by atoms with E-state index in [4.69, 9.17) is 5.84 Å². The second-order valence-corrected chi connectivity index (χ2v) is 6.18. The van der Waals surface area contributed by atoms with Gasteiger partial charge in [0.25, 0.3) is 0 Å². The molecule has 0 radical (unpaired) electrons. The van der Waals surface area contributed by atoms with Crippen LogP contribution in [-0.2, 0) is 10.0 Å². The second kappa shape index (κ2) is 4.59. The van der Waals surface area contributed by atoms with Crippen molar-refractivity contribution in [3.05, 3.63) is 18.5 Å². The fraction of sp³-hybridized carbons (Fsp3) is 0.500. The molecule has 2 heterocycles. The van der Waals surface area contributed by atoms with Crippen LogP contribution >= 0.6 is 0 Å². The van der Waals surface area contributed by atoms with Crippen molar-refractivity contribution in [2.75, 3.05) is 18.5 Å². The SMILES string of the molecule is CC1CCN(S(=O)(=O)c2cnccc2NN)C1. The average molecular weight is 256 g/mol. The van der Waals surface area contributed by atoms with Crippen LogP contribution in [0.4, 0.5) is 5.69 Å². The lowest BCUT2D eigenvalue weighted by molar-refractivity contribution is 0.464. The summed E-state index contributed by atoms with van der Waals surface area (Å²) in [7, 11) is -3.49. The van der Waals surface area contributed by atoms with Gasteiger partial charge in [0, 0.05) is 25.5 Å². The summed E-state index contributed by atoms with van der Waals surface area (Å²) in [5.74, 6) is 5.71. The van der Waals surface area contributed by atoms with E-state index in [0.717, 1.165) is 6.42 Å². The smallest absolute Gasteiger partial charge is 0.246 e. The summed E-state index contributed by atoms with van der Waals surface area (Å²) in [6, 6.07) is 1.55. The van der Waals surface area contributed by atoms with E-state index in [0.29, 0.717) is 24.7 Å². The molecule has 0 saturated carbocycles. The largest absolute Gasteiger partial charge is 0.323 e. The van der Waals surface area contributed by atoms with Gasteiger partial charge in [-0.3, -0.25) is 10.8 Å². The van der Waals surface area contributed by atoms with E-state index in [9.17, 15) is 8.42 Å². The summed E-state index contributed by atoms with van der Waals surface area (Å²) in [5, 5.41) is 0. The van der Waals surface area contributed by atoms with Gasteiger partial charge in [-0.1, -0.05) is 6.92 Å². The van der Waals surface area contributed by atoms with Gasteiger partial charge in [-0.05, 0) is 18.4 Å². The minimum Gasteiger partial charge on any atom is -0.323 e. The minimum absolute atomic E-state index is 0.136. The Hall–Kier alpha value is -1.18. The number of rotatable bonds is 3. The normalized spacial score (nSPS) is 21.6. The molecule has 1 atom stereocenters. The van der Waals surface area contributed by atoms with Gasteiger partial charge < -0.3 is 5.43 Å². The van der Waals surface area contributed by atoms with Gasteiger partial charge in [-0.15, -0.1) is 0 Å². The average Bonchev–Trinajstić information content (AvgIpc) is 2.76. The highest BCUT2D eigenvalue weighted by molar-refractivity contribution is 7.89. The number of hydrazine groups is 1. The zero-order valence-corrected chi connectivity index (χ0v) is 10.4. The van der Waals surface area contributed by atoms with Crippen molar-refractivity contribution in [3.63, 3.8) is 0 Å². The van der Waals surface area contributed by atoms with E-state index in [1.54, 1.807) is 6.07 Å². The fourth-order valence-corrected chi connectivity index (χ4v) is 3.63. The maximum absolute atomic E-state index is 12.4. The Labute approximate surface area is 101 Å². The zero-order valence-electron chi connectivity index (χ0n) is 9.63. The summed E-state index contributed by atoms with van der Waals surface area (Å²) in [6.45, 7) is 3.16. The molecule has 1 unspecified atom stereocenters. The third-order valence-corrected chi connectivity index (χ3v) is 4.84. The Bertz CT molecular complexity index is 503. The molecule has 0 aromatic carbocycles. The molecule has 0 spiro atoms. The van der Waals surface area contributed by atoms with E-state index in [-0.39, 0.29) is 4.90 Å². The van der Waals surface area contributed by atoms with Crippen LogP contribution in [0.3, 0.4) is 0 Å². The first-order valence-electron chi connectivity index (χ1n) is 5.46. The van der Waals surface area contributed by atoms with Crippen molar-refractivity contribution < 1.29 is 8.42 Å². The van der Waals surface area contributed by atoms with Gasteiger partial charge in [-0.2, -0.15) is 4.31 Å². The van der Waals surface area contributed by atoms with E-state index >= 15 is 0 Å². The van der Waals surface area contributed by atoms with Gasteiger partial charge in [-0.25, -0.2) is 8.42 Å². The molecule has 1 aliphatic rings. The Morgan fingerprint density at radius 3 is 2.94 bits per heavy atom. The fourth-order valence-electron chi connectivity index (χ4n) is 1.96. The molecule has 1 aliphatic heterocycles. The molecule has 7 heteroatoms. The lowest BCUT2D eigenvalue weighted by atomic mass is 10.2. The first kappa shape index (κ1) is 12.3. The highest BCUT2D eigenvalue weighted by Crippen LogP contribution is 2.27. The van der Waals surface area contributed by atoms with Crippen LogP contribution in [0.1, 0.15) is 13.3 Å². The maximum Gasteiger partial charge on any atom is 0.246 e. The molecule has 0 bridgehead atoms. The molecule has 17 heavy (non-hydrogen) atoms. The molecular weight excluding hydrogens is 240 g/mol. The molecule has 1 aromatic heterocycles. The third kappa shape index (κ3) is 2.26. The molecule has 6 nitrogen and oxygen atoms in total. The van der Waals surface area contributed by atoms with Gasteiger partial charge in [0.05, 0.1) is 5.69 Å². The molecule has 94 valence electrons. The molecule has 1 fully saturated rings. The first-order chi connectivity index (χ1) is 8.05. The zero-order chi connectivity index (χ0) is 12.5. The lowest BCUT2D eigenvalue weighted by Gasteiger charge is -2.17. The lowest BCUT2D eigenvalue weighted by Crippen LogP contribution is -2.29. The van der Waals surface area contributed by atoms with Gasteiger partial charge in [0.2, 0.25) is 10.0 Å². The van der Waals surface area contributed by atoms with Crippen LogP contribution in [0.2, 0.25) is 0 Å². The molecule has 0 amide bonds. The van der Waals surface area contributed by atoms with E-state index in [1.165, 1.54) is 16.7 Å². The topological polar surface area (TPSA) is 88.3 Å². The summed E-state index contributed by atoms with van der Waals surface area (Å²) >= 11 is 0. The standard InChI is InChI=1S/C10H16N4O2S/c1-8-3-5-14(7-8)17(15,16)10-6-12-4-2-9(10)13-11/h2,4,6,8H,3,5,7,11H2,1H3,(H,12,13). The Balaban J connectivity index is 2.38. The van der Waals surface area contributed by atoms with Gasteiger partial charge in [0.15, 0.2) is 0 Å². The summed E-state index contributed by atoms with van der Waals surface area (Å²) in [6.07, 6.45) is 3.72. The van der Waals surface area contributed by atoms with Crippen LogP contribution < -0.4 is 11.3 Å². The van der Waals surface area contributed by atoms with E-state index < -0.39 is 10.0 Å². The molecular formula is C10H16N4O2S. The highest BCUT2D eigenvalue weighted by atomic mass is 32.2. The number of pyridine rings is 1. The number of aromatic nitrogens is 1. The van der Waals surface area contributed by atoms with Crippen molar-refractivity contribution >= 4 is 15.7 Å². The van der Waals surface area contributed by atoms with Crippen LogP contribution in [0.15, 0.2) is 23.4 Å². The first-order valence-corrected chi connectivity index (χ1v) is 6.90. The quantitative estimate of drug-likeness (QED) is 0.603. The number of nitrogens with zero attached hydrogens (tertiary/aromatic N) is 2. The van der Waals surface area contributed by atoms with Crippen molar-refractivity contribution in [3.8, 4) is 0 Å². The molecule has 1 aromatic rings.